The van der Waals surface area contributed by atoms with E-state index in [1.54, 1.807) is 0 Å². The lowest BCUT2D eigenvalue weighted by Crippen LogP contribution is -2.49. The lowest BCUT2D eigenvalue weighted by Gasteiger charge is -2.45. The number of hydrogen-bond acceptors (Lipinski definition) is 2. The standard InChI is InChI=1S/C16H22N2/c1-16(2)10-8-15(9-11-17)13-18(16)12-14-6-4-3-5-7-14/h3-7,15H,8-10,12-13H2,1-2H3. The summed E-state index contributed by atoms with van der Waals surface area (Å²) in [7, 11) is 0. The van der Waals surface area contributed by atoms with Crippen LogP contribution in [0.3, 0.4) is 0 Å². The van der Waals surface area contributed by atoms with E-state index in [0.29, 0.717) is 12.3 Å². The fourth-order valence-corrected chi connectivity index (χ4v) is 2.74. The Hall–Kier alpha value is -1.33. The highest BCUT2D eigenvalue weighted by Gasteiger charge is 2.33. The van der Waals surface area contributed by atoms with Crippen molar-refractivity contribution in [2.24, 2.45) is 5.92 Å². The van der Waals surface area contributed by atoms with Gasteiger partial charge in [-0.2, -0.15) is 5.26 Å². The van der Waals surface area contributed by atoms with Crippen molar-refractivity contribution in [2.75, 3.05) is 6.54 Å². The molecule has 0 aliphatic carbocycles. The van der Waals surface area contributed by atoms with Gasteiger partial charge in [0.15, 0.2) is 0 Å². The minimum absolute atomic E-state index is 0.252. The summed E-state index contributed by atoms with van der Waals surface area (Å²) in [6.07, 6.45) is 3.07. The summed E-state index contributed by atoms with van der Waals surface area (Å²) >= 11 is 0. The summed E-state index contributed by atoms with van der Waals surface area (Å²) in [6.45, 7) is 6.68. The molecule has 1 unspecified atom stereocenters. The molecule has 2 nitrogen and oxygen atoms in total. The molecular formula is C16H22N2. The lowest BCUT2D eigenvalue weighted by molar-refractivity contribution is 0.0391. The summed E-state index contributed by atoms with van der Waals surface area (Å²) in [5.74, 6) is 0.548. The highest BCUT2D eigenvalue weighted by Crippen LogP contribution is 2.32. The van der Waals surface area contributed by atoms with Gasteiger partial charge in [-0.1, -0.05) is 30.3 Å². The molecule has 1 fully saturated rings. The van der Waals surface area contributed by atoms with E-state index in [1.807, 2.05) is 0 Å². The quantitative estimate of drug-likeness (QED) is 0.810. The third kappa shape index (κ3) is 3.11. The molecule has 0 bridgehead atoms. The Morgan fingerprint density at radius 2 is 2.06 bits per heavy atom. The molecule has 0 N–H and O–H groups in total. The molecule has 0 radical (unpaired) electrons. The number of hydrogen-bond donors (Lipinski definition) is 0. The van der Waals surface area contributed by atoms with Gasteiger partial charge in [-0.25, -0.2) is 0 Å². The minimum atomic E-state index is 0.252. The first-order valence-corrected chi connectivity index (χ1v) is 6.78. The number of nitrogens with zero attached hydrogens (tertiary/aromatic N) is 2. The molecule has 0 spiro atoms. The van der Waals surface area contributed by atoms with E-state index in [9.17, 15) is 0 Å². The van der Waals surface area contributed by atoms with Crippen molar-refractivity contribution in [3.63, 3.8) is 0 Å². The first kappa shape index (κ1) is 13.1. The first-order chi connectivity index (χ1) is 8.62. The molecule has 1 heterocycles. The van der Waals surface area contributed by atoms with Gasteiger partial charge in [0, 0.05) is 25.0 Å². The first-order valence-electron chi connectivity index (χ1n) is 6.78. The average molecular weight is 242 g/mol. The van der Waals surface area contributed by atoms with E-state index in [-0.39, 0.29) is 5.54 Å². The van der Waals surface area contributed by atoms with Crippen LogP contribution in [0.4, 0.5) is 0 Å². The third-order valence-corrected chi connectivity index (χ3v) is 4.10. The molecule has 0 amide bonds. The van der Waals surface area contributed by atoms with Crippen molar-refractivity contribution < 1.29 is 0 Å². The normalized spacial score (nSPS) is 23.5. The summed E-state index contributed by atoms with van der Waals surface area (Å²) in [4.78, 5) is 2.54. The predicted molar refractivity (Wildman–Crippen MR) is 73.9 cm³/mol. The molecule has 18 heavy (non-hydrogen) atoms. The van der Waals surface area contributed by atoms with Gasteiger partial charge >= 0.3 is 0 Å². The monoisotopic (exact) mass is 242 g/mol. The summed E-state index contributed by atoms with van der Waals surface area (Å²) < 4.78 is 0. The third-order valence-electron chi connectivity index (χ3n) is 4.10. The van der Waals surface area contributed by atoms with E-state index < -0.39 is 0 Å². The zero-order valence-electron chi connectivity index (χ0n) is 11.4. The molecule has 1 atom stereocenters. The van der Waals surface area contributed by atoms with Crippen LogP contribution in [-0.4, -0.2) is 17.0 Å². The molecule has 1 aromatic carbocycles. The van der Waals surface area contributed by atoms with Crippen LogP contribution in [0.1, 0.15) is 38.7 Å². The Morgan fingerprint density at radius 3 is 2.72 bits per heavy atom. The molecular weight excluding hydrogens is 220 g/mol. The van der Waals surface area contributed by atoms with Crippen molar-refractivity contribution >= 4 is 0 Å². The van der Waals surface area contributed by atoms with Gasteiger partial charge in [0.25, 0.3) is 0 Å². The molecule has 2 rings (SSSR count). The van der Waals surface area contributed by atoms with Crippen molar-refractivity contribution in [2.45, 2.75) is 45.2 Å². The maximum atomic E-state index is 8.86. The number of piperidine rings is 1. The van der Waals surface area contributed by atoms with Gasteiger partial charge in [0.05, 0.1) is 6.07 Å². The van der Waals surface area contributed by atoms with Crippen LogP contribution in [0.15, 0.2) is 30.3 Å². The van der Waals surface area contributed by atoms with E-state index in [4.69, 9.17) is 5.26 Å². The van der Waals surface area contributed by atoms with Crippen LogP contribution in [-0.2, 0) is 6.54 Å². The number of benzene rings is 1. The van der Waals surface area contributed by atoms with Gasteiger partial charge < -0.3 is 0 Å². The second-order valence-corrected chi connectivity index (χ2v) is 5.95. The molecule has 0 saturated carbocycles. The number of likely N-dealkylation sites (tertiary alicyclic amines) is 1. The van der Waals surface area contributed by atoms with Gasteiger partial charge in [-0.05, 0) is 38.2 Å². The smallest absolute Gasteiger partial charge is 0.0625 e. The van der Waals surface area contributed by atoms with Gasteiger partial charge in [-0.15, -0.1) is 0 Å². The molecule has 1 aliphatic heterocycles. The van der Waals surface area contributed by atoms with Crippen molar-refractivity contribution in [3.05, 3.63) is 35.9 Å². The van der Waals surface area contributed by atoms with E-state index in [2.05, 4.69) is 55.1 Å². The Labute approximate surface area is 110 Å². The van der Waals surface area contributed by atoms with Crippen molar-refractivity contribution in [1.29, 1.82) is 5.26 Å². The number of rotatable bonds is 3. The minimum Gasteiger partial charge on any atom is -0.294 e. The van der Waals surface area contributed by atoms with Crippen molar-refractivity contribution in [3.8, 4) is 6.07 Å². The van der Waals surface area contributed by atoms with Crippen LogP contribution in [0.25, 0.3) is 0 Å². The molecule has 1 aromatic rings. The maximum Gasteiger partial charge on any atom is 0.0625 e. The highest BCUT2D eigenvalue weighted by atomic mass is 15.2. The number of nitriles is 1. The summed E-state index contributed by atoms with van der Waals surface area (Å²) in [5.41, 5.74) is 1.62. The summed E-state index contributed by atoms with van der Waals surface area (Å²) in [5, 5.41) is 8.86. The Kier molecular flexibility index (Phi) is 4.04. The summed E-state index contributed by atoms with van der Waals surface area (Å²) in [6, 6.07) is 12.9. The van der Waals surface area contributed by atoms with E-state index >= 15 is 0 Å². The zero-order chi connectivity index (χ0) is 13.0. The fourth-order valence-electron chi connectivity index (χ4n) is 2.74. The highest BCUT2D eigenvalue weighted by molar-refractivity contribution is 5.15. The van der Waals surface area contributed by atoms with Crippen molar-refractivity contribution in [1.82, 2.24) is 4.90 Å². The fraction of sp³-hybridized carbons (Fsp3) is 0.562. The van der Waals surface area contributed by atoms with E-state index in [0.717, 1.165) is 13.1 Å². The Balaban J connectivity index is 2.06. The Bertz CT molecular complexity index is 416. The van der Waals surface area contributed by atoms with E-state index in [1.165, 1.54) is 18.4 Å². The molecule has 0 aromatic heterocycles. The zero-order valence-corrected chi connectivity index (χ0v) is 11.4. The molecule has 1 saturated heterocycles. The lowest BCUT2D eigenvalue weighted by atomic mass is 9.83. The van der Waals surface area contributed by atoms with Crippen LogP contribution >= 0.6 is 0 Å². The van der Waals surface area contributed by atoms with Crippen LogP contribution in [0.2, 0.25) is 0 Å². The second-order valence-electron chi connectivity index (χ2n) is 5.95. The topological polar surface area (TPSA) is 27.0 Å². The molecule has 1 aliphatic rings. The average Bonchev–Trinajstić information content (AvgIpc) is 2.35. The van der Waals surface area contributed by atoms with Crippen LogP contribution in [0.5, 0.6) is 0 Å². The van der Waals surface area contributed by atoms with Gasteiger partial charge in [0.1, 0.15) is 0 Å². The Morgan fingerprint density at radius 1 is 1.33 bits per heavy atom. The van der Waals surface area contributed by atoms with Crippen LogP contribution in [0, 0.1) is 17.2 Å². The van der Waals surface area contributed by atoms with Gasteiger partial charge in [0.2, 0.25) is 0 Å². The SMILES string of the molecule is CC1(C)CCC(CC#N)CN1Cc1ccccc1. The second kappa shape index (κ2) is 5.54. The van der Waals surface area contributed by atoms with Gasteiger partial charge in [-0.3, -0.25) is 4.90 Å². The predicted octanol–water partition coefficient (Wildman–Crippen LogP) is 3.59. The van der Waals surface area contributed by atoms with Crippen LogP contribution < -0.4 is 0 Å². The molecule has 2 heteroatoms. The maximum absolute atomic E-state index is 8.86. The molecule has 96 valence electrons. The largest absolute Gasteiger partial charge is 0.294 e.